The first-order valence-corrected chi connectivity index (χ1v) is 7.79. The van der Waals surface area contributed by atoms with Crippen molar-refractivity contribution in [3.05, 3.63) is 66.2 Å². The quantitative estimate of drug-likeness (QED) is 0.518. The lowest BCUT2D eigenvalue weighted by atomic mass is 10.0. The average molecular weight is 316 g/mol. The van der Waals surface area contributed by atoms with Gasteiger partial charge >= 0.3 is 5.97 Å². The Balaban J connectivity index is 1.99. The fourth-order valence-corrected chi connectivity index (χ4v) is 2.49. The highest BCUT2D eigenvalue weighted by Crippen LogP contribution is 2.25. The zero-order valence-corrected chi connectivity index (χ0v) is 13.1. The number of aromatic nitrogens is 1. The number of esters is 1. The van der Waals surface area contributed by atoms with Gasteiger partial charge in [0, 0.05) is 17.4 Å². The standard InChI is InChI=1S/C20H16N2O2/c21-12-6-7-13-24-20(23)17-14-19(15-8-2-1-3-9-15)22-18-11-5-4-10-16(17)18/h1-5,8-11,14H,6-7,13H2. The number of nitriles is 1. The SMILES string of the molecule is N#CCCCOC(=O)c1cc(-c2ccccc2)nc2ccccc12. The number of ether oxygens (including phenoxy) is 1. The molecule has 0 aliphatic rings. The molecule has 0 unspecified atom stereocenters. The van der Waals surface area contributed by atoms with Crippen LogP contribution in [0.1, 0.15) is 23.2 Å². The van der Waals surface area contributed by atoms with E-state index in [1.807, 2.05) is 60.7 Å². The van der Waals surface area contributed by atoms with Gasteiger partial charge in [0.05, 0.1) is 29.5 Å². The van der Waals surface area contributed by atoms with Gasteiger partial charge in [0.25, 0.3) is 0 Å². The molecule has 0 N–H and O–H groups in total. The van der Waals surface area contributed by atoms with Crippen LogP contribution in [0.2, 0.25) is 0 Å². The van der Waals surface area contributed by atoms with Crippen LogP contribution >= 0.6 is 0 Å². The Labute approximate surface area is 140 Å². The topological polar surface area (TPSA) is 63.0 Å². The Kier molecular flexibility index (Phi) is 4.83. The molecule has 0 amide bonds. The number of pyridine rings is 1. The van der Waals surface area contributed by atoms with Crippen LogP contribution < -0.4 is 0 Å². The maximum atomic E-state index is 12.5. The zero-order chi connectivity index (χ0) is 16.8. The summed E-state index contributed by atoms with van der Waals surface area (Å²) < 4.78 is 5.31. The molecule has 4 heteroatoms. The van der Waals surface area contributed by atoms with Crippen molar-refractivity contribution in [3.63, 3.8) is 0 Å². The molecule has 0 bridgehead atoms. The van der Waals surface area contributed by atoms with Crippen molar-refractivity contribution in [2.45, 2.75) is 12.8 Å². The summed E-state index contributed by atoms with van der Waals surface area (Å²) in [7, 11) is 0. The summed E-state index contributed by atoms with van der Waals surface area (Å²) >= 11 is 0. The monoisotopic (exact) mass is 316 g/mol. The van der Waals surface area contributed by atoms with Gasteiger partial charge in [-0.15, -0.1) is 0 Å². The van der Waals surface area contributed by atoms with Crippen molar-refractivity contribution in [2.75, 3.05) is 6.61 Å². The van der Waals surface area contributed by atoms with Crippen molar-refractivity contribution in [1.29, 1.82) is 5.26 Å². The molecule has 0 radical (unpaired) electrons. The van der Waals surface area contributed by atoms with Crippen molar-refractivity contribution in [1.82, 2.24) is 4.98 Å². The fourth-order valence-electron chi connectivity index (χ4n) is 2.49. The van der Waals surface area contributed by atoms with Crippen LogP contribution in [0.3, 0.4) is 0 Å². The van der Waals surface area contributed by atoms with E-state index in [4.69, 9.17) is 10.00 Å². The molecule has 24 heavy (non-hydrogen) atoms. The van der Waals surface area contributed by atoms with Crippen LogP contribution in [0.15, 0.2) is 60.7 Å². The summed E-state index contributed by atoms with van der Waals surface area (Å²) in [6.45, 7) is 0.240. The molecule has 0 atom stereocenters. The minimum atomic E-state index is -0.385. The maximum absolute atomic E-state index is 12.5. The molecule has 0 saturated heterocycles. The minimum absolute atomic E-state index is 0.240. The first-order valence-electron chi connectivity index (χ1n) is 7.79. The van der Waals surface area contributed by atoms with Gasteiger partial charge in [0.1, 0.15) is 0 Å². The highest BCUT2D eigenvalue weighted by Gasteiger charge is 2.14. The third kappa shape index (κ3) is 3.41. The van der Waals surface area contributed by atoms with Gasteiger partial charge in [0.15, 0.2) is 0 Å². The number of carbonyl (C=O) groups is 1. The molecular weight excluding hydrogens is 300 g/mol. The molecule has 1 aromatic heterocycles. The molecule has 0 aliphatic carbocycles. The Hall–Kier alpha value is -3.19. The molecule has 0 fully saturated rings. The molecule has 3 aromatic rings. The van der Waals surface area contributed by atoms with E-state index in [0.29, 0.717) is 18.4 Å². The van der Waals surface area contributed by atoms with Crippen molar-refractivity contribution >= 4 is 16.9 Å². The Bertz CT molecular complexity index is 898. The summed E-state index contributed by atoms with van der Waals surface area (Å²) in [5, 5.41) is 9.32. The summed E-state index contributed by atoms with van der Waals surface area (Å²) in [6.07, 6.45) is 0.913. The number of unbranched alkanes of at least 4 members (excludes halogenated alkanes) is 1. The average Bonchev–Trinajstić information content (AvgIpc) is 2.65. The number of hydrogen-bond donors (Lipinski definition) is 0. The largest absolute Gasteiger partial charge is 0.462 e. The van der Waals surface area contributed by atoms with Gasteiger partial charge in [-0.3, -0.25) is 0 Å². The number of hydrogen-bond acceptors (Lipinski definition) is 4. The van der Waals surface area contributed by atoms with Gasteiger partial charge in [0.2, 0.25) is 0 Å². The van der Waals surface area contributed by atoms with E-state index >= 15 is 0 Å². The normalized spacial score (nSPS) is 10.3. The minimum Gasteiger partial charge on any atom is -0.462 e. The van der Waals surface area contributed by atoms with Gasteiger partial charge in [-0.25, -0.2) is 9.78 Å². The van der Waals surface area contributed by atoms with Crippen LogP contribution in [-0.4, -0.2) is 17.6 Å². The number of para-hydroxylation sites is 1. The van der Waals surface area contributed by atoms with E-state index < -0.39 is 0 Å². The predicted molar refractivity (Wildman–Crippen MR) is 92.3 cm³/mol. The van der Waals surface area contributed by atoms with Gasteiger partial charge < -0.3 is 4.74 Å². The molecule has 0 aliphatic heterocycles. The van der Waals surface area contributed by atoms with Crippen LogP contribution in [0.5, 0.6) is 0 Å². The number of benzene rings is 2. The van der Waals surface area contributed by atoms with Crippen LogP contribution in [0.4, 0.5) is 0 Å². The maximum Gasteiger partial charge on any atom is 0.338 e. The third-order valence-electron chi connectivity index (χ3n) is 3.67. The Morgan fingerprint density at radius 2 is 1.83 bits per heavy atom. The number of nitrogens with zero attached hydrogens (tertiary/aromatic N) is 2. The molecule has 1 heterocycles. The second kappa shape index (κ2) is 7.38. The highest BCUT2D eigenvalue weighted by molar-refractivity contribution is 6.04. The van der Waals surface area contributed by atoms with E-state index in [-0.39, 0.29) is 12.6 Å². The smallest absolute Gasteiger partial charge is 0.338 e. The fraction of sp³-hybridized carbons (Fsp3) is 0.150. The third-order valence-corrected chi connectivity index (χ3v) is 3.67. The Morgan fingerprint density at radius 1 is 1.08 bits per heavy atom. The summed E-state index contributed by atoms with van der Waals surface area (Å²) in [5.41, 5.74) is 2.93. The summed E-state index contributed by atoms with van der Waals surface area (Å²) in [4.78, 5) is 17.1. The van der Waals surface area contributed by atoms with Gasteiger partial charge in [-0.05, 0) is 18.6 Å². The van der Waals surface area contributed by atoms with E-state index in [1.54, 1.807) is 6.07 Å². The highest BCUT2D eigenvalue weighted by atomic mass is 16.5. The van der Waals surface area contributed by atoms with E-state index in [9.17, 15) is 4.79 Å². The molecule has 2 aromatic carbocycles. The second-order valence-electron chi connectivity index (χ2n) is 5.34. The molecule has 0 saturated carbocycles. The van der Waals surface area contributed by atoms with Crippen LogP contribution in [0, 0.1) is 11.3 Å². The number of rotatable bonds is 5. The number of carbonyl (C=O) groups excluding carboxylic acids is 1. The van der Waals surface area contributed by atoms with Crippen LogP contribution in [-0.2, 0) is 4.74 Å². The van der Waals surface area contributed by atoms with Crippen molar-refractivity contribution < 1.29 is 9.53 Å². The lowest BCUT2D eigenvalue weighted by Crippen LogP contribution is -2.08. The lowest BCUT2D eigenvalue weighted by molar-refractivity contribution is 0.0504. The first-order chi connectivity index (χ1) is 11.8. The molecule has 118 valence electrons. The summed E-state index contributed by atoms with van der Waals surface area (Å²) in [6, 6.07) is 21.1. The van der Waals surface area contributed by atoms with Crippen molar-refractivity contribution in [3.8, 4) is 17.3 Å². The Morgan fingerprint density at radius 3 is 2.62 bits per heavy atom. The van der Waals surface area contributed by atoms with E-state index in [2.05, 4.69) is 4.98 Å². The predicted octanol–water partition coefficient (Wildman–Crippen LogP) is 4.36. The zero-order valence-electron chi connectivity index (χ0n) is 13.1. The molecule has 0 spiro atoms. The number of fused-ring (bicyclic) bond motifs is 1. The molecular formula is C20H16N2O2. The summed E-state index contributed by atoms with van der Waals surface area (Å²) in [5.74, 6) is -0.385. The lowest BCUT2D eigenvalue weighted by Gasteiger charge is -2.10. The second-order valence-corrected chi connectivity index (χ2v) is 5.34. The van der Waals surface area contributed by atoms with Gasteiger partial charge in [-0.1, -0.05) is 48.5 Å². The molecule has 3 rings (SSSR count). The first kappa shape index (κ1) is 15.7. The van der Waals surface area contributed by atoms with Gasteiger partial charge in [-0.2, -0.15) is 5.26 Å². The van der Waals surface area contributed by atoms with Crippen molar-refractivity contribution in [2.24, 2.45) is 0 Å². The molecule has 4 nitrogen and oxygen atoms in total. The van der Waals surface area contributed by atoms with Crippen LogP contribution in [0.25, 0.3) is 22.2 Å². The van der Waals surface area contributed by atoms with E-state index in [1.165, 1.54) is 0 Å². The van der Waals surface area contributed by atoms with E-state index in [0.717, 1.165) is 22.2 Å².